The van der Waals surface area contributed by atoms with E-state index in [9.17, 15) is 31.2 Å². The summed E-state index contributed by atoms with van der Waals surface area (Å²) in [5.74, 6) is -4.97. The number of anilines is 1. The number of methoxy groups -OCH3 is 2. The highest BCUT2D eigenvalue weighted by Crippen LogP contribution is 2.32. The van der Waals surface area contributed by atoms with E-state index in [4.69, 9.17) is 9.47 Å². The van der Waals surface area contributed by atoms with Crippen molar-refractivity contribution < 1.29 is 45.0 Å². The number of rotatable bonds is 13. The van der Waals surface area contributed by atoms with Gasteiger partial charge in [0.05, 0.1) is 37.2 Å². The number of nitrogens with one attached hydrogen (secondary N) is 3. The first-order chi connectivity index (χ1) is 25.3. The Bertz CT molecular complexity index is 2000. The molecule has 1 aromatic heterocycles. The molecule has 0 aliphatic carbocycles. The van der Waals surface area contributed by atoms with Gasteiger partial charge in [-0.3, -0.25) is 9.78 Å². The molecule has 11 nitrogen and oxygen atoms in total. The topological polar surface area (TPSA) is 139 Å². The fourth-order valence-electron chi connectivity index (χ4n) is 6.57. The number of hydrogen-bond donors (Lipinski definition) is 3. The lowest BCUT2D eigenvalue weighted by Gasteiger charge is -2.40. The highest BCUT2D eigenvalue weighted by molar-refractivity contribution is 7.89. The quantitative estimate of drug-likeness (QED) is 0.152. The zero-order chi connectivity index (χ0) is 38.3. The first kappa shape index (κ1) is 39.2. The second-order valence-electron chi connectivity index (χ2n) is 12.5. The van der Waals surface area contributed by atoms with Crippen molar-refractivity contribution in [2.45, 2.75) is 55.1 Å². The maximum atomic E-state index is 15.4. The normalized spacial score (nSPS) is 17.4. The van der Waals surface area contributed by atoms with E-state index in [-0.39, 0.29) is 39.7 Å². The van der Waals surface area contributed by atoms with Gasteiger partial charge >= 0.3 is 6.09 Å². The Morgan fingerprint density at radius 2 is 1.60 bits per heavy atom. The molecule has 0 radical (unpaired) electrons. The van der Waals surface area contributed by atoms with Crippen molar-refractivity contribution in [2.75, 3.05) is 32.6 Å². The summed E-state index contributed by atoms with van der Waals surface area (Å²) in [6.07, 6.45) is 1.79. The predicted molar refractivity (Wildman–Crippen MR) is 188 cm³/mol. The Kier molecular flexibility index (Phi) is 12.7. The predicted octanol–water partition coefficient (Wildman–Crippen LogP) is 5.52. The number of ether oxygens (including phenoxy) is 2. The SMILES string of the molecule is COC(=O)N[C@H](C(=O)Nc1cncc(F)c1CCC[C@H]1CNC[C@H](C)N1S(=O)(=O)c1ccc(OC)cc1)[C@@H](c1ccc(F)cc1)c1cc(F)cc(F)c1. The number of halogens is 4. The molecule has 2 amide bonds. The van der Waals surface area contributed by atoms with Crippen LogP contribution in [-0.2, 0) is 26.0 Å². The summed E-state index contributed by atoms with van der Waals surface area (Å²) in [4.78, 5) is 30.6. The van der Waals surface area contributed by atoms with Gasteiger partial charge in [-0.1, -0.05) is 12.1 Å². The van der Waals surface area contributed by atoms with Crippen LogP contribution >= 0.6 is 0 Å². The molecule has 1 fully saturated rings. The number of alkyl carbamates (subject to hydrolysis) is 1. The summed E-state index contributed by atoms with van der Waals surface area (Å²) >= 11 is 0. The molecule has 1 aliphatic rings. The van der Waals surface area contributed by atoms with Crippen LogP contribution in [0.15, 0.2) is 84.0 Å². The Labute approximate surface area is 304 Å². The third kappa shape index (κ3) is 9.30. The molecule has 16 heteroatoms. The molecule has 4 atom stereocenters. The van der Waals surface area contributed by atoms with Crippen molar-refractivity contribution in [2.24, 2.45) is 0 Å². The first-order valence-electron chi connectivity index (χ1n) is 16.7. The fourth-order valence-corrected chi connectivity index (χ4v) is 8.41. The minimum Gasteiger partial charge on any atom is -0.497 e. The summed E-state index contributed by atoms with van der Waals surface area (Å²) < 4.78 is 97.2. The van der Waals surface area contributed by atoms with Crippen LogP contribution in [0.5, 0.6) is 5.75 Å². The Hall–Kier alpha value is -5.06. The van der Waals surface area contributed by atoms with Crippen molar-refractivity contribution in [3.63, 3.8) is 0 Å². The number of pyridine rings is 1. The highest BCUT2D eigenvalue weighted by atomic mass is 32.2. The lowest BCUT2D eigenvalue weighted by atomic mass is 9.84. The molecule has 282 valence electrons. The summed E-state index contributed by atoms with van der Waals surface area (Å²) in [6, 6.07) is 11.0. The van der Waals surface area contributed by atoms with Crippen molar-refractivity contribution in [3.8, 4) is 5.75 Å². The Morgan fingerprint density at radius 1 is 0.925 bits per heavy atom. The fraction of sp³-hybridized carbons (Fsp3) is 0.324. The number of carbonyl (C=O) groups excluding carboxylic acids is 2. The molecule has 0 spiro atoms. The van der Waals surface area contributed by atoms with Gasteiger partial charge in [0.25, 0.3) is 0 Å². The van der Waals surface area contributed by atoms with E-state index in [1.165, 1.54) is 41.9 Å². The van der Waals surface area contributed by atoms with Crippen LogP contribution in [-0.4, -0.2) is 75.1 Å². The van der Waals surface area contributed by atoms with Gasteiger partial charge in [-0.2, -0.15) is 4.31 Å². The number of aromatic nitrogens is 1. The smallest absolute Gasteiger partial charge is 0.407 e. The van der Waals surface area contributed by atoms with Gasteiger partial charge in [0.2, 0.25) is 15.9 Å². The average molecular weight is 758 g/mol. The number of carbonyl (C=O) groups is 2. The standard InChI is InChI=1S/C37H39F4N5O6S/c1-22-18-42-19-28(46(22)53(49,50)30-13-11-29(51-2)12-14-30)5-4-6-31-32(41)20-43-21-33(31)44-36(47)35(45-37(48)52-3)34(23-7-9-25(38)10-8-23)24-15-26(39)17-27(40)16-24/h7-17,20-22,28,34-35,42H,4-6,18-19H2,1-3H3,(H,44,47)(H,45,48)/t22-,28-,34-,35-/m0/s1. The third-order valence-corrected chi connectivity index (χ3v) is 11.1. The molecule has 53 heavy (non-hydrogen) atoms. The zero-order valence-electron chi connectivity index (χ0n) is 29.1. The number of nitrogens with zero attached hydrogens (tertiary/aromatic N) is 2. The minimum absolute atomic E-state index is 0.0483. The Balaban J connectivity index is 1.40. The molecule has 0 unspecified atom stereocenters. The van der Waals surface area contributed by atoms with E-state index in [1.54, 1.807) is 19.1 Å². The average Bonchev–Trinajstić information content (AvgIpc) is 3.12. The monoisotopic (exact) mass is 757 g/mol. The van der Waals surface area contributed by atoms with Gasteiger partial charge in [-0.15, -0.1) is 0 Å². The number of benzene rings is 3. The Morgan fingerprint density at radius 3 is 2.25 bits per heavy atom. The van der Waals surface area contributed by atoms with Crippen molar-refractivity contribution >= 4 is 27.7 Å². The molecular weight excluding hydrogens is 718 g/mol. The molecule has 0 saturated carbocycles. The first-order valence-corrected chi connectivity index (χ1v) is 18.1. The number of amides is 2. The van der Waals surface area contributed by atoms with Crippen LogP contribution in [0.25, 0.3) is 0 Å². The highest BCUT2D eigenvalue weighted by Gasteiger charge is 2.38. The van der Waals surface area contributed by atoms with E-state index in [0.29, 0.717) is 37.7 Å². The molecule has 0 bridgehead atoms. The second kappa shape index (κ2) is 17.2. The largest absolute Gasteiger partial charge is 0.497 e. The van der Waals surface area contributed by atoms with Crippen molar-refractivity contribution in [1.82, 2.24) is 19.9 Å². The molecule has 3 N–H and O–H groups in total. The van der Waals surface area contributed by atoms with Crippen LogP contribution < -0.4 is 20.7 Å². The molecule has 1 saturated heterocycles. The summed E-state index contributed by atoms with van der Waals surface area (Å²) in [6.45, 7) is 2.59. The van der Waals surface area contributed by atoms with Gasteiger partial charge < -0.3 is 25.4 Å². The van der Waals surface area contributed by atoms with Crippen LogP contribution in [0.3, 0.4) is 0 Å². The molecule has 4 aromatic rings. The second-order valence-corrected chi connectivity index (χ2v) is 14.4. The number of hydrogen-bond acceptors (Lipinski definition) is 8. The van der Waals surface area contributed by atoms with Crippen LogP contribution in [0.1, 0.15) is 42.4 Å². The van der Waals surface area contributed by atoms with E-state index in [2.05, 4.69) is 20.9 Å². The maximum absolute atomic E-state index is 15.4. The summed E-state index contributed by atoms with van der Waals surface area (Å²) in [5.41, 5.74) is 0.164. The third-order valence-electron chi connectivity index (χ3n) is 9.02. The lowest BCUT2D eigenvalue weighted by Crippen LogP contribution is -2.58. The van der Waals surface area contributed by atoms with Gasteiger partial charge in [0.1, 0.15) is 35.1 Å². The van der Waals surface area contributed by atoms with E-state index >= 15 is 4.39 Å². The van der Waals surface area contributed by atoms with E-state index in [0.717, 1.165) is 37.6 Å². The minimum atomic E-state index is -3.91. The molecule has 3 aromatic carbocycles. The van der Waals surface area contributed by atoms with E-state index in [1.807, 2.05) is 0 Å². The molecule has 5 rings (SSSR count). The van der Waals surface area contributed by atoms with Gasteiger partial charge in [0.15, 0.2) is 0 Å². The number of piperazine rings is 1. The van der Waals surface area contributed by atoms with Gasteiger partial charge in [-0.25, -0.2) is 30.8 Å². The molecular formula is C37H39F4N5O6S. The van der Waals surface area contributed by atoms with Crippen molar-refractivity contribution in [3.05, 3.63) is 119 Å². The van der Waals surface area contributed by atoms with Gasteiger partial charge in [0, 0.05) is 42.7 Å². The van der Waals surface area contributed by atoms with Crippen LogP contribution in [0, 0.1) is 23.3 Å². The van der Waals surface area contributed by atoms with Gasteiger partial charge in [-0.05, 0) is 85.8 Å². The molecule has 2 heterocycles. The maximum Gasteiger partial charge on any atom is 0.407 e. The van der Waals surface area contributed by atoms with Crippen LogP contribution in [0.4, 0.5) is 28.0 Å². The summed E-state index contributed by atoms with van der Waals surface area (Å²) in [7, 11) is -1.37. The number of sulfonamides is 1. The van der Waals surface area contributed by atoms with Crippen molar-refractivity contribution in [1.29, 1.82) is 0 Å². The van der Waals surface area contributed by atoms with Crippen LogP contribution in [0.2, 0.25) is 0 Å². The summed E-state index contributed by atoms with van der Waals surface area (Å²) in [5, 5.41) is 8.25. The zero-order valence-corrected chi connectivity index (χ0v) is 29.9. The lowest BCUT2D eigenvalue weighted by molar-refractivity contribution is -0.118. The molecule has 1 aliphatic heterocycles. The van der Waals surface area contributed by atoms with E-state index < -0.39 is 63.3 Å².